The van der Waals surface area contributed by atoms with E-state index in [1.807, 2.05) is 29.3 Å². The van der Waals surface area contributed by atoms with E-state index in [2.05, 4.69) is 44.8 Å². The van der Waals surface area contributed by atoms with Crippen molar-refractivity contribution in [3.05, 3.63) is 60.3 Å². The largest absolute Gasteiger partial charge is 0.465 e. The van der Waals surface area contributed by atoms with Crippen molar-refractivity contribution in [2.45, 2.75) is 39.5 Å². The molecule has 0 radical (unpaired) electrons. The summed E-state index contributed by atoms with van der Waals surface area (Å²) in [5.74, 6) is 3.69. The number of rotatable bonds is 5. The summed E-state index contributed by atoms with van der Waals surface area (Å²) < 4.78 is 10.2. The third-order valence-corrected chi connectivity index (χ3v) is 4.59. The molecule has 4 heterocycles. The zero-order valence-corrected chi connectivity index (χ0v) is 14.0. The summed E-state index contributed by atoms with van der Waals surface area (Å²) >= 11 is 0. The predicted molar refractivity (Wildman–Crippen MR) is 90.1 cm³/mol. The molecule has 4 rings (SSSR count). The molecule has 6 nitrogen and oxygen atoms in total. The van der Waals surface area contributed by atoms with Gasteiger partial charge in [0.2, 0.25) is 0 Å². The van der Waals surface area contributed by atoms with E-state index in [1.165, 1.54) is 0 Å². The summed E-state index contributed by atoms with van der Waals surface area (Å²) in [7, 11) is 0. The Labute approximate surface area is 141 Å². The third kappa shape index (κ3) is 3.28. The van der Waals surface area contributed by atoms with Crippen LogP contribution >= 0.6 is 0 Å². The predicted octanol–water partition coefficient (Wildman–Crippen LogP) is 2.57. The lowest BCUT2D eigenvalue weighted by atomic mass is 10.1. The smallest absolute Gasteiger partial charge is 0.122 e. The first-order valence-electron chi connectivity index (χ1n) is 8.57. The standard InChI is InChI=1S/C18H23N5O/c1-2-16-4-5-17(24-16)13-21-10-15(12-23-8-3-6-20-23)11-22-9-7-19-18(22)14-21/h3-9,15H,2,10-14H2,1H3. The minimum absolute atomic E-state index is 0.487. The summed E-state index contributed by atoms with van der Waals surface area (Å²) in [6.07, 6.45) is 8.78. The topological polar surface area (TPSA) is 52.0 Å². The monoisotopic (exact) mass is 325 g/mol. The van der Waals surface area contributed by atoms with E-state index in [0.29, 0.717) is 5.92 Å². The van der Waals surface area contributed by atoms with E-state index in [4.69, 9.17) is 4.42 Å². The van der Waals surface area contributed by atoms with Crippen molar-refractivity contribution in [1.82, 2.24) is 24.2 Å². The van der Waals surface area contributed by atoms with E-state index in [0.717, 1.165) is 56.5 Å². The number of furan rings is 1. The maximum Gasteiger partial charge on any atom is 0.122 e. The zero-order valence-electron chi connectivity index (χ0n) is 14.0. The van der Waals surface area contributed by atoms with E-state index < -0.39 is 0 Å². The Morgan fingerprint density at radius 1 is 1.17 bits per heavy atom. The highest BCUT2D eigenvalue weighted by Crippen LogP contribution is 2.20. The van der Waals surface area contributed by atoms with Gasteiger partial charge in [-0.2, -0.15) is 5.10 Å². The molecule has 1 atom stereocenters. The highest BCUT2D eigenvalue weighted by molar-refractivity contribution is 5.07. The van der Waals surface area contributed by atoms with E-state index >= 15 is 0 Å². The van der Waals surface area contributed by atoms with Gasteiger partial charge in [0.1, 0.15) is 17.3 Å². The second-order valence-electron chi connectivity index (χ2n) is 6.48. The van der Waals surface area contributed by atoms with Crippen LogP contribution in [0.15, 0.2) is 47.4 Å². The van der Waals surface area contributed by atoms with Gasteiger partial charge in [-0.3, -0.25) is 9.58 Å². The second-order valence-corrected chi connectivity index (χ2v) is 6.48. The van der Waals surface area contributed by atoms with Crippen LogP contribution in [0, 0.1) is 5.92 Å². The summed E-state index contributed by atoms with van der Waals surface area (Å²) in [6, 6.07) is 6.15. The Morgan fingerprint density at radius 2 is 2.08 bits per heavy atom. The molecular weight excluding hydrogens is 302 g/mol. The number of hydrogen-bond donors (Lipinski definition) is 0. The lowest BCUT2D eigenvalue weighted by molar-refractivity contribution is 0.191. The number of aryl methyl sites for hydroxylation is 1. The van der Waals surface area contributed by atoms with Gasteiger partial charge in [0.05, 0.1) is 13.1 Å². The normalized spacial score (nSPS) is 18.5. The van der Waals surface area contributed by atoms with Crippen LogP contribution in [0.5, 0.6) is 0 Å². The molecule has 0 fully saturated rings. The van der Waals surface area contributed by atoms with Crippen molar-refractivity contribution in [3.63, 3.8) is 0 Å². The molecule has 0 saturated heterocycles. The third-order valence-electron chi connectivity index (χ3n) is 4.59. The number of nitrogens with zero attached hydrogens (tertiary/aromatic N) is 5. The number of aromatic nitrogens is 4. The fraction of sp³-hybridized carbons (Fsp3) is 0.444. The molecule has 0 aromatic carbocycles. The van der Waals surface area contributed by atoms with Crippen molar-refractivity contribution in [2.75, 3.05) is 6.54 Å². The fourth-order valence-electron chi connectivity index (χ4n) is 3.45. The molecule has 3 aromatic rings. The summed E-state index contributed by atoms with van der Waals surface area (Å²) in [4.78, 5) is 6.96. The molecule has 0 spiro atoms. The van der Waals surface area contributed by atoms with Crippen LogP contribution in [-0.4, -0.2) is 30.8 Å². The maximum atomic E-state index is 5.90. The molecule has 0 bridgehead atoms. The molecule has 1 unspecified atom stereocenters. The number of imidazole rings is 1. The van der Waals surface area contributed by atoms with E-state index in [1.54, 1.807) is 0 Å². The van der Waals surface area contributed by atoms with Gasteiger partial charge < -0.3 is 8.98 Å². The highest BCUT2D eigenvalue weighted by Gasteiger charge is 2.23. The first-order chi connectivity index (χ1) is 11.8. The van der Waals surface area contributed by atoms with Gasteiger partial charge in [-0.15, -0.1) is 0 Å². The highest BCUT2D eigenvalue weighted by atomic mass is 16.3. The molecule has 0 amide bonds. The SMILES string of the molecule is CCc1ccc(CN2Cc3nccn3CC(Cn3cccn3)C2)o1. The molecule has 1 aliphatic heterocycles. The van der Waals surface area contributed by atoms with Crippen LogP contribution in [0.25, 0.3) is 0 Å². The van der Waals surface area contributed by atoms with Crippen LogP contribution < -0.4 is 0 Å². The van der Waals surface area contributed by atoms with E-state index in [9.17, 15) is 0 Å². The van der Waals surface area contributed by atoms with Crippen LogP contribution in [-0.2, 0) is 32.6 Å². The minimum Gasteiger partial charge on any atom is -0.465 e. The Balaban J connectivity index is 1.52. The van der Waals surface area contributed by atoms with Gasteiger partial charge in [0.15, 0.2) is 0 Å². The van der Waals surface area contributed by atoms with Crippen LogP contribution in [0.1, 0.15) is 24.3 Å². The fourth-order valence-corrected chi connectivity index (χ4v) is 3.45. The van der Waals surface area contributed by atoms with Crippen molar-refractivity contribution in [3.8, 4) is 0 Å². The van der Waals surface area contributed by atoms with Crippen LogP contribution in [0.2, 0.25) is 0 Å². The number of fused-ring (bicyclic) bond motifs is 1. The molecule has 3 aromatic heterocycles. The molecule has 0 aliphatic carbocycles. The van der Waals surface area contributed by atoms with Crippen LogP contribution in [0.4, 0.5) is 0 Å². The molecular formula is C18H23N5O. The second kappa shape index (κ2) is 6.65. The maximum absolute atomic E-state index is 5.90. The van der Waals surface area contributed by atoms with Gasteiger partial charge in [-0.05, 0) is 18.2 Å². The Bertz CT molecular complexity index is 773. The first-order valence-corrected chi connectivity index (χ1v) is 8.57. The number of hydrogen-bond acceptors (Lipinski definition) is 4. The molecule has 126 valence electrons. The quantitative estimate of drug-likeness (QED) is 0.723. The lowest BCUT2D eigenvalue weighted by Gasteiger charge is -2.22. The van der Waals surface area contributed by atoms with E-state index in [-0.39, 0.29) is 0 Å². The molecule has 24 heavy (non-hydrogen) atoms. The van der Waals surface area contributed by atoms with Crippen LogP contribution in [0.3, 0.4) is 0 Å². The lowest BCUT2D eigenvalue weighted by Crippen LogP contribution is -2.30. The summed E-state index contributed by atoms with van der Waals surface area (Å²) in [5, 5.41) is 4.36. The summed E-state index contributed by atoms with van der Waals surface area (Å²) in [6.45, 7) is 6.69. The summed E-state index contributed by atoms with van der Waals surface area (Å²) in [5.41, 5.74) is 0. The first kappa shape index (κ1) is 15.2. The Morgan fingerprint density at radius 3 is 2.88 bits per heavy atom. The average molecular weight is 325 g/mol. The zero-order chi connectivity index (χ0) is 16.4. The Hall–Kier alpha value is -2.34. The van der Waals surface area contributed by atoms with Crippen molar-refractivity contribution in [2.24, 2.45) is 5.92 Å². The molecule has 0 saturated carbocycles. The average Bonchev–Trinajstić information content (AvgIpc) is 3.30. The van der Waals surface area contributed by atoms with Gasteiger partial charge in [-0.25, -0.2) is 4.98 Å². The van der Waals surface area contributed by atoms with Gasteiger partial charge in [-0.1, -0.05) is 6.92 Å². The van der Waals surface area contributed by atoms with Gasteiger partial charge >= 0.3 is 0 Å². The van der Waals surface area contributed by atoms with Crippen molar-refractivity contribution >= 4 is 0 Å². The molecule has 0 N–H and O–H groups in total. The minimum atomic E-state index is 0.487. The molecule has 1 aliphatic rings. The van der Waals surface area contributed by atoms with Crippen molar-refractivity contribution < 1.29 is 4.42 Å². The van der Waals surface area contributed by atoms with Gasteiger partial charge in [0.25, 0.3) is 0 Å². The van der Waals surface area contributed by atoms with Gasteiger partial charge in [0, 0.05) is 56.8 Å². The van der Waals surface area contributed by atoms with Crippen molar-refractivity contribution in [1.29, 1.82) is 0 Å². The molecule has 6 heteroatoms. The Kier molecular flexibility index (Phi) is 4.21.